The smallest absolute Gasteiger partial charge is 0.305 e. The highest BCUT2D eigenvalue weighted by molar-refractivity contribution is 7.99. The van der Waals surface area contributed by atoms with E-state index >= 15 is 8.78 Å². The summed E-state index contributed by atoms with van der Waals surface area (Å²) in [7, 11) is 0. The van der Waals surface area contributed by atoms with Gasteiger partial charge in [-0.2, -0.15) is 11.8 Å². The van der Waals surface area contributed by atoms with Gasteiger partial charge in [0.1, 0.15) is 24.9 Å². The van der Waals surface area contributed by atoms with Crippen LogP contribution in [0.3, 0.4) is 0 Å². The SMILES string of the molecule is CSC(CC(=O)O)C(=O)NCCC(=O)N[C@@H](C)C(=O)N[C@@H](C)C(=O)Nc1cccc([C@H](C)c2ccc([C@@H]3O[C@@H]4C[C@H]5[C@@H]6C[C@H](F)C7=CC(=O)C=C[C@]7(C)[C@@]6(F)[C@@H](O)C[C@]5(C)[C@]4(C(=O)CO)O3)cc2)c1. The van der Waals surface area contributed by atoms with Crippen LogP contribution in [0, 0.1) is 22.7 Å². The lowest BCUT2D eigenvalue weighted by Crippen LogP contribution is -2.70. The molecule has 4 fully saturated rings. The minimum absolute atomic E-state index is 0.00652. The molecule has 0 aromatic heterocycles. The number of thioether (sulfide) groups is 1. The van der Waals surface area contributed by atoms with Crippen molar-refractivity contribution in [2.45, 2.75) is 126 Å². The first kappa shape index (κ1) is 51.5. The summed E-state index contributed by atoms with van der Waals surface area (Å²) in [5.41, 5.74) is -4.26. The number of ketones is 2. The molecule has 1 heterocycles. The Kier molecular flexibility index (Phi) is 14.8. The number of halogens is 2. The third kappa shape index (κ3) is 9.16. The predicted molar refractivity (Wildman–Crippen MR) is 249 cm³/mol. The summed E-state index contributed by atoms with van der Waals surface area (Å²) in [5, 5.41) is 40.8. The van der Waals surface area contributed by atoms with E-state index in [2.05, 4.69) is 21.3 Å². The zero-order chi connectivity index (χ0) is 50.4. The van der Waals surface area contributed by atoms with Crippen molar-refractivity contribution >= 4 is 58.6 Å². The molecule has 14 atom stereocenters. The van der Waals surface area contributed by atoms with Gasteiger partial charge in [-0.15, -0.1) is 0 Å². The van der Waals surface area contributed by atoms with E-state index in [1.54, 1.807) is 43.5 Å². The van der Waals surface area contributed by atoms with Gasteiger partial charge in [0.05, 0.1) is 23.9 Å². The topological polar surface area (TPSA) is 247 Å². The predicted octanol–water partition coefficient (Wildman–Crippen LogP) is 4.14. The zero-order valence-electron chi connectivity index (χ0n) is 39.3. The minimum Gasteiger partial charge on any atom is -0.481 e. The summed E-state index contributed by atoms with van der Waals surface area (Å²) in [5.74, 6) is -6.36. The van der Waals surface area contributed by atoms with Gasteiger partial charge in [-0.25, -0.2) is 8.78 Å². The number of aliphatic hydroxyl groups excluding tert-OH is 2. The molecule has 4 aliphatic carbocycles. The second-order valence-electron chi connectivity index (χ2n) is 19.4. The monoisotopic (exact) mass is 978 g/mol. The maximum atomic E-state index is 17.8. The van der Waals surface area contributed by atoms with Gasteiger partial charge in [0.2, 0.25) is 23.6 Å². The minimum atomic E-state index is -2.36. The standard InChI is InChI=1S/C50H60F2N4O12S/c1-25(30-8-7-9-31(18-30)56-44(65)27(3)55-43(64)26(2)54-41(61)15-17-53-45(66)37(69-6)22-42(62)63)28-10-12-29(13-11-28)46-67-40-21-33-34-20-36(51)35-19-32(58)14-16-47(35,4)49(34,52)38(59)23-48(33,5)50(40,68-46)39(60)24-57/h7-14,16,18-19,25-27,33-34,36-38,40,46,57,59H,15,17,20-24H2,1-6H3,(H,53,66)(H,54,61)(H,55,64)(H,56,65)(H,62,63)/t25-,26+,27+,33+,34+,36+,37?,38+,40-,46-,47+,48+,49+,50-/m1/s1. The molecular weight excluding hydrogens is 919 g/mol. The van der Waals surface area contributed by atoms with Crippen molar-refractivity contribution in [3.05, 3.63) is 89.0 Å². The first-order valence-electron chi connectivity index (χ1n) is 23.1. The number of amides is 4. The van der Waals surface area contributed by atoms with Crippen LogP contribution in [0.4, 0.5) is 14.5 Å². The van der Waals surface area contributed by atoms with E-state index in [-0.39, 0.29) is 50.1 Å². The molecule has 1 saturated heterocycles. The number of fused-ring (bicyclic) bond motifs is 7. The molecule has 5 aliphatic rings. The number of ether oxygens (including phenoxy) is 2. The number of hydrogen-bond donors (Lipinski definition) is 7. The van der Waals surface area contributed by atoms with Crippen molar-refractivity contribution in [3.63, 3.8) is 0 Å². The second kappa shape index (κ2) is 19.8. The molecule has 7 rings (SSSR count). The number of carboxylic acid groups (broad SMARTS) is 1. The number of benzene rings is 2. The van der Waals surface area contributed by atoms with Crippen LogP contribution in [0.1, 0.15) is 95.6 Å². The van der Waals surface area contributed by atoms with Gasteiger partial charge in [-0.05, 0) is 93.2 Å². The van der Waals surface area contributed by atoms with Crippen molar-refractivity contribution in [2.24, 2.45) is 22.7 Å². The van der Waals surface area contributed by atoms with E-state index < -0.39 is 124 Å². The Morgan fingerprint density at radius 1 is 0.928 bits per heavy atom. The lowest BCUT2D eigenvalue weighted by Gasteiger charge is -2.63. The van der Waals surface area contributed by atoms with Crippen molar-refractivity contribution in [1.29, 1.82) is 0 Å². The normalized spacial score (nSPS) is 32.7. The number of hydrogen-bond acceptors (Lipinski definition) is 12. The number of aliphatic carboxylic acids is 1. The van der Waals surface area contributed by atoms with Crippen molar-refractivity contribution in [1.82, 2.24) is 16.0 Å². The molecule has 69 heavy (non-hydrogen) atoms. The zero-order valence-corrected chi connectivity index (χ0v) is 40.1. The molecule has 0 spiro atoms. The first-order valence-corrected chi connectivity index (χ1v) is 24.4. The lowest BCUT2D eigenvalue weighted by molar-refractivity contribution is -0.235. The Hall–Kier alpha value is -5.34. The summed E-state index contributed by atoms with van der Waals surface area (Å²) in [6.45, 7) is 7.18. The number of carbonyl (C=O) groups excluding carboxylic acids is 6. The highest BCUT2D eigenvalue weighted by atomic mass is 32.2. The van der Waals surface area contributed by atoms with Crippen LogP contribution >= 0.6 is 11.8 Å². The van der Waals surface area contributed by atoms with E-state index in [1.165, 1.54) is 32.9 Å². The summed E-state index contributed by atoms with van der Waals surface area (Å²) < 4.78 is 46.9. The van der Waals surface area contributed by atoms with E-state index in [1.807, 2.05) is 25.1 Å². The third-order valence-electron chi connectivity index (χ3n) is 15.4. The molecule has 0 bridgehead atoms. The van der Waals surface area contributed by atoms with E-state index in [4.69, 9.17) is 14.6 Å². The van der Waals surface area contributed by atoms with Crippen molar-refractivity contribution in [2.75, 3.05) is 24.7 Å². The number of nitrogens with one attached hydrogen (secondary N) is 4. The number of carbonyl (C=O) groups is 7. The largest absolute Gasteiger partial charge is 0.481 e. The number of carboxylic acids is 1. The van der Waals surface area contributed by atoms with Gasteiger partial charge in [0.25, 0.3) is 0 Å². The number of anilines is 1. The number of Topliss-reactive ketones (excluding diaryl/α,β-unsaturated/α-hetero) is 1. The molecule has 0 radical (unpaired) electrons. The Balaban J connectivity index is 0.959. The molecule has 1 unspecified atom stereocenters. The quantitative estimate of drug-likeness (QED) is 0.118. The second-order valence-corrected chi connectivity index (χ2v) is 20.4. The summed E-state index contributed by atoms with van der Waals surface area (Å²) in [6, 6.07) is 12.5. The Morgan fingerprint density at radius 3 is 2.29 bits per heavy atom. The molecular formula is C50H60F2N4O12S. The molecule has 1 aliphatic heterocycles. The van der Waals surface area contributed by atoms with Crippen molar-refractivity contribution in [3.8, 4) is 0 Å². The fourth-order valence-electron chi connectivity index (χ4n) is 11.6. The fraction of sp³-hybridized carbons (Fsp3) is 0.540. The average molecular weight is 979 g/mol. The fourth-order valence-corrected chi connectivity index (χ4v) is 12.2. The summed E-state index contributed by atoms with van der Waals surface area (Å²) in [6.07, 6.45) is -1.00. The Morgan fingerprint density at radius 2 is 1.62 bits per heavy atom. The molecule has 3 saturated carbocycles. The van der Waals surface area contributed by atoms with Gasteiger partial charge in [0, 0.05) is 46.9 Å². The van der Waals surface area contributed by atoms with Crippen LogP contribution in [-0.4, -0.2) is 123 Å². The Labute approximate surface area is 402 Å². The van der Waals surface area contributed by atoms with Crippen LogP contribution in [0.15, 0.2) is 72.3 Å². The highest BCUT2D eigenvalue weighted by Gasteiger charge is 2.80. The van der Waals surface area contributed by atoms with Gasteiger partial charge >= 0.3 is 5.97 Å². The molecule has 372 valence electrons. The Bertz CT molecular complexity index is 2460. The number of rotatable bonds is 17. The van der Waals surface area contributed by atoms with Crippen LogP contribution in [0.5, 0.6) is 0 Å². The number of alkyl halides is 2. The molecule has 2 aromatic carbocycles. The average Bonchev–Trinajstić information content (AvgIpc) is 3.82. The third-order valence-corrected chi connectivity index (χ3v) is 16.4. The van der Waals surface area contributed by atoms with Crippen LogP contribution < -0.4 is 21.3 Å². The maximum Gasteiger partial charge on any atom is 0.305 e. The molecule has 7 N–H and O–H groups in total. The molecule has 4 amide bonds. The summed E-state index contributed by atoms with van der Waals surface area (Å²) >= 11 is 1.08. The summed E-state index contributed by atoms with van der Waals surface area (Å²) in [4.78, 5) is 87.9. The molecule has 16 nitrogen and oxygen atoms in total. The maximum absolute atomic E-state index is 17.8. The highest BCUT2D eigenvalue weighted by Crippen LogP contribution is 2.72. The van der Waals surface area contributed by atoms with Crippen LogP contribution in [-0.2, 0) is 43.0 Å². The van der Waals surface area contributed by atoms with Gasteiger partial charge in [-0.1, -0.05) is 56.3 Å². The molecule has 19 heteroatoms. The first-order chi connectivity index (χ1) is 32.5. The van der Waals surface area contributed by atoms with Gasteiger partial charge in [-0.3, -0.25) is 33.6 Å². The van der Waals surface area contributed by atoms with Gasteiger partial charge in [0.15, 0.2) is 29.1 Å². The van der Waals surface area contributed by atoms with E-state index in [9.17, 15) is 43.8 Å². The number of allylic oxidation sites excluding steroid dienone is 4. The van der Waals surface area contributed by atoms with Crippen molar-refractivity contribution < 1.29 is 67.1 Å². The van der Waals surface area contributed by atoms with Crippen LogP contribution in [0.25, 0.3) is 0 Å². The van der Waals surface area contributed by atoms with Crippen LogP contribution in [0.2, 0.25) is 0 Å². The van der Waals surface area contributed by atoms with Gasteiger partial charge < -0.3 is 46.1 Å². The molecule has 2 aromatic rings. The van der Waals surface area contributed by atoms with E-state index in [0.717, 1.165) is 29.0 Å². The number of aliphatic hydroxyl groups is 2. The lowest BCUT2D eigenvalue weighted by atomic mass is 9.44. The van der Waals surface area contributed by atoms with E-state index in [0.29, 0.717) is 11.3 Å².